The maximum absolute atomic E-state index is 12.9. The zero-order chi connectivity index (χ0) is 22.1. The molecule has 0 spiro atoms. The molecule has 0 aromatic heterocycles. The van der Waals surface area contributed by atoms with E-state index in [9.17, 15) is 32.9 Å². The standard InChI is InChI=1S/C19H15F3N4O4/c1-10-15(17(27)24-13-6-3-5-12(9-13)19(20,21)22)16(25-18(28)23-10)11-4-2-7-14(8-11)26(29)30/h2-9,16H,1H3,(H,24,27)(H2,23,25,28). The Morgan fingerprint density at radius 1 is 1.17 bits per heavy atom. The van der Waals surface area contributed by atoms with Gasteiger partial charge in [0, 0.05) is 23.5 Å². The number of nitrogens with zero attached hydrogens (tertiary/aromatic N) is 1. The van der Waals surface area contributed by atoms with Crippen molar-refractivity contribution >= 4 is 23.3 Å². The van der Waals surface area contributed by atoms with E-state index >= 15 is 0 Å². The predicted molar refractivity (Wildman–Crippen MR) is 100 cm³/mol. The molecule has 1 aliphatic heterocycles. The fraction of sp³-hybridized carbons (Fsp3) is 0.158. The lowest BCUT2D eigenvalue weighted by atomic mass is 9.94. The van der Waals surface area contributed by atoms with Gasteiger partial charge in [-0.2, -0.15) is 13.2 Å². The molecule has 3 rings (SSSR count). The Balaban J connectivity index is 1.96. The zero-order valence-corrected chi connectivity index (χ0v) is 15.4. The van der Waals surface area contributed by atoms with Crippen LogP contribution in [0.4, 0.5) is 29.3 Å². The lowest BCUT2D eigenvalue weighted by Crippen LogP contribution is -2.46. The fourth-order valence-corrected chi connectivity index (χ4v) is 3.03. The van der Waals surface area contributed by atoms with Gasteiger partial charge in [0.05, 0.1) is 22.1 Å². The highest BCUT2D eigenvalue weighted by Crippen LogP contribution is 2.32. The number of hydrogen-bond donors (Lipinski definition) is 3. The molecular weight excluding hydrogens is 405 g/mol. The smallest absolute Gasteiger partial charge is 0.327 e. The Morgan fingerprint density at radius 2 is 1.87 bits per heavy atom. The number of nitro benzene ring substituents is 1. The maximum atomic E-state index is 12.9. The Labute approximate surface area is 167 Å². The van der Waals surface area contributed by atoms with E-state index in [4.69, 9.17) is 0 Å². The lowest BCUT2D eigenvalue weighted by molar-refractivity contribution is -0.384. The van der Waals surface area contributed by atoms with Crippen molar-refractivity contribution in [2.24, 2.45) is 0 Å². The summed E-state index contributed by atoms with van der Waals surface area (Å²) in [4.78, 5) is 35.2. The number of rotatable bonds is 4. The average Bonchev–Trinajstić information content (AvgIpc) is 2.67. The summed E-state index contributed by atoms with van der Waals surface area (Å²) in [5.41, 5.74) is -0.823. The molecule has 11 heteroatoms. The summed E-state index contributed by atoms with van der Waals surface area (Å²) >= 11 is 0. The second-order valence-corrected chi connectivity index (χ2v) is 6.45. The molecule has 1 aliphatic rings. The molecular formula is C19H15F3N4O4. The van der Waals surface area contributed by atoms with Crippen LogP contribution in [-0.2, 0) is 11.0 Å². The van der Waals surface area contributed by atoms with Gasteiger partial charge in [-0.25, -0.2) is 4.79 Å². The Morgan fingerprint density at radius 3 is 2.53 bits per heavy atom. The van der Waals surface area contributed by atoms with E-state index < -0.39 is 34.6 Å². The Kier molecular flexibility index (Phi) is 5.45. The summed E-state index contributed by atoms with van der Waals surface area (Å²) in [6.07, 6.45) is -4.58. The maximum Gasteiger partial charge on any atom is 0.416 e. The normalized spacial score (nSPS) is 16.5. The molecule has 0 fully saturated rings. The second kappa shape index (κ2) is 7.85. The number of urea groups is 1. The highest BCUT2D eigenvalue weighted by atomic mass is 19.4. The van der Waals surface area contributed by atoms with Crippen LogP contribution >= 0.6 is 0 Å². The number of non-ortho nitro benzene ring substituents is 1. The monoisotopic (exact) mass is 420 g/mol. The van der Waals surface area contributed by atoms with Crippen LogP contribution in [0, 0.1) is 10.1 Å². The third kappa shape index (κ3) is 4.40. The Hall–Kier alpha value is -3.89. The minimum Gasteiger partial charge on any atom is -0.327 e. The third-order valence-electron chi connectivity index (χ3n) is 4.38. The van der Waals surface area contributed by atoms with Crippen LogP contribution in [0.15, 0.2) is 59.8 Å². The van der Waals surface area contributed by atoms with Crippen LogP contribution in [0.3, 0.4) is 0 Å². The molecule has 156 valence electrons. The number of hydrogen-bond acceptors (Lipinski definition) is 4. The van der Waals surface area contributed by atoms with Gasteiger partial charge >= 0.3 is 12.2 Å². The lowest BCUT2D eigenvalue weighted by Gasteiger charge is -2.28. The molecule has 0 bridgehead atoms. The van der Waals surface area contributed by atoms with E-state index in [0.29, 0.717) is 0 Å². The van der Waals surface area contributed by atoms with Crippen LogP contribution in [0.5, 0.6) is 0 Å². The number of benzene rings is 2. The number of carbonyl (C=O) groups excluding carboxylic acids is 2. The summed E-state index contributed by atoms with van der Waals surface area (Å²) in [5.74, 6) is -0.768. The molecule has 1 atom stereocenters. The van der Waals surface area contributed by atoms with Crippen molar-refractivity contribution in [2.75, 3.05) is 5.32 Å². The van der Waals surface area contributed by atoms with Crippen molar-refractivity contribution in [1.82, 2.24) is 10.6 Å². The van der Waals surface area contributed by atoms with Gasteiger partial charge in [0.2, 0.25) is 0 Å². The first-order chi connectivity index (χ1) is 14.1. The first kappa shape index (κ1) is 20.8. The Bertz CT molecular complexity index is 1070. The van der Waals surface area contributed by atoms with Gasteiger partial charge in [0.15, 0.2) is 0 Å². The van der Waals surface area contributed by atoms with Crippen LogP contribution in [-0.4, -0.2) is 16.9 Å². The van der Waals surface area contributed by atoms with Crippen LogP contribution in [0.25, 0.3) is 0 Å². The van der Waals surface area contributed by atoms with Gasteiger partial charge in [-0.3, -0.25) is 14.9 Å². The highest BCUT2D eigenvalue weighted by Gasteiger charge is 2.33. The van der Waals surface area contributed by atoms with Crippen LogP contribution < -0.4 is 16.0 Å². The molecule has 2 aromatic carbocycles. The number of carbonyl (C=O) groups is 2. The number of halogens is 3. The van der Waals surface area contributed by atoms with Crippen LogP contribution in [0.2, 0.25) is 0 Å². The van der Waals surface area contributed by atoms with Gasteiger partial charge in [-0.1, -0.05) is 18.2 Å². The predicted octanol–water partition coefficient (Wildman–Crippen LogP) is 3.88. The van der Waals surface area contributed by atoms with E-state index in [2.05, 4.69) is 16.0 Å². The third-order valence-corrected chi connectivity index (χ3v) is 4.38. The van der Waals surface area contributed by atoms with E-state index in [-0.39, 0.29) is 28.2 Å². The van der Waals surface area contributed by atoms with E-state index in [1.54, 1.807) is 0 Å². The van der Waals surface area contributed by atoms with Crippen molar-refractivity contribution in [3.8, 4) is 0 Å². The quantitative estimate of drug-likeness (QED) is 0.515. The van der Waals surface area contributed by atoms with E-state index in [1.165, 1.54) is 37.3 Å². The molecule has 30 heavy (non-hydrogen) atoms. The number of alkyl halides is 3. The molecule has 8 nitrogen and oxygen atoms in total. The summed E-state index contributed by atoms with van der Waals surface area (Å²) in [6.45, 7) is 1.45. The largest absolute Gasteiger partial charge is 0.416 e. The van der Waals surface area contributed by atoms with Crippen molar-refractivity contribution in [3.63, 3.8) is 0 Å². The molecule has 0 aliphatic carbocycles. The SMILES string of the molecule is CC1=C(C(=O)Nc2cccc(C(F)(F)F)c2)C(c2cccc([N+](=O)[O-])c2)NC(=O)N1. The molecule has 3 amide bonds. The van der Waals surface area contributed by atoms with Crippen molar-refractivity contribution in [3.05, 3.63) is 81.0 Å². The second-order valence-electron chi connectivity index (χ2n) is 6.45. The molecule has 1 unspecified atom stereocenters. The van der Waals surface area contributed by atoms with Gasteiger partial charge in [-0.05, 0) is 30.7 Å². The first-order valence-corrected chi connectivity index (χ1v) is 8.57. The number of nitrogens with one attached hydrogen (secondary N) is 3. The fourth-order valence-electron chi connectivity index (χ4n) is 3.03. The van der Waals surface area contributed by atoms with Crippen LogP contribution in [0.1, 0.15) is 24.1 Å². The number of allylic oxidation sites excluding steroid dienone is 1. The van der Waals surface area contributed by atoms with Crippen molar-refractivity contribution in [1.29, 1.82) is 0 Å². The minimum absolute atomic E-state index is 0.00695. The summed E-state index contributed by atoms with van der Waals surface area (Å²) < 4.78 is 38.8. The summed E-state index contributed by atoms with van der Waals surface area (Å²) in [6, 6.07) is 7.79. The molecule has 0 radical (unpaired) electrons. The molecule has 3 N–H and O–H groups in total. The number of anilines is 1. The highest BCUT2D eigenvalue weighted by molar-refractivity contribution is 6.06. The van der Waals surface area contributed by atoms with E-state index in [1.807, 2.05) is 0 Å². The topological polar surface area (TPSA) is 113 Å². The molecule has 1 heterocycles. The van der Waals surface area contributed by atoms with Crippen molar-refractivity contribution in [2.45, 2.75) is 19.1 Å². The first-order valence-electron chi connectivity index (χ1n) is 8.57. The van der Waals surface area contributed by atoms with Gasteiger partial charge in [-0.15, -0.1) is 0 Å². The summed E-state index contributed by atoms with van der Waals surface area (Å²) in [7, 11) is 0. The summed E-state index contributed by atoms with van der Waals surface area (Å²) in [5, 5.41) is 18.4. The molecule has 0 saturated heterocycles. The molecule has 2 aromatic rings. The number of nitro groups is 1. The minimum atomic E-state index is -4.58. The van der Waals surface area contributed by atoms with E-state index in [0.717, 1.165) is 18.2 Å². The number of amides is 3. The molecule has 0 saturated carbocycles. The average molecular weight is 420 g/mol. The van der Waals surface area contributed by atoms with Gasteiger partial charge in [0.1, 0.15) is 0 Å². The zero-order valence-electron chi connectivity index (χ0n) is 15.4. The van der Waals surface area contributed by atoms with Crippen molar-refractivity contribution < 1.29 is 27.7 Å². The van der Waals surface area contributed by atoms with Gasteiger partial charge < -0.3 is 16.0 Å². The van der Waals surface area contributed by atoms with Gasteiger partial charge in [0.25, 0.3) is 11.6 Å².